The van der Waals surface area contributed by atoms with E-state index in [-0.39, 0.29) is 12.5 Å². The molecule has 0 aliphatic rings. The molecule has 0 saturated carbocycles. The molecule has 5 heteroatoms. The van der Waals surface area contributed by atoms with Gasteiger partial charge in [0.2, 0.25) is 0 Å². The average Bonchev–Trinajstić information content (AvgIpc) is 2.65. The molecule has 5 nitrogen and oxygen atoms in total. The number of esters is 1. The van der Waals surface area contributed by atoms with Crippen molar-refractivity contribution in [1.82, 2.24) is 9.88 Å². The van der Waals surface area contributed by atoms with Gasteiger partial charge in [-0.3, -0.25) is 4.79 Å². The summed E-state index contributed by atoms with van der Waals surface area (Å²) >= 11 is 0. The molecule has 0 bridgehead atoms. The van der Waals surface area contributed by atoms with Crippen LogP contribution in [-0.2, 0) is 9.53 Å². The van der Waals surface area contributed by atoms with Gasteiger partial charge in [0.25, 0.3) is 5.91 Å². The Morgan fingerprint density at radius 2 is 1.68 bits per heavy atom. The van der Waals surface area contributed by atoms with E-state index < -0.39 is 5.97 Å². The van der Waals surface area contributed by atoms with Gasteiger partial charge in [0, 0.05) is 25.0 Å². The molecule has 0 atom stereocenters. The van der Waals surface area contributed by atoms with Gasteiger partial charge in [-0.15, -0.1) is 0 Å². The highest BCUT2D eigenvalue weighted by molar-refractivity contribution is 6.05. The summed E-state index contributed by atoms with van der Waals surface area (Å²) in [7, 11) is 3.23. The van der Waals surface area contributed by atoms with E-state index in [0.717, 1.165) is 5.56 Å². The quantitative estimate of drug-likeness (QED) is 0.688. The first-order chi connectivity index (χ1) is 12.1. The van der Waals surface area contributed by atoms with E-state index >= 15 is 0 Å². The third kappa shape index (κ3) is 3.66. The highest BCUT2D eigenvalue weighted by Crippen LogP contribution is 2.25. The number of pyridine rings is 1. The van der Waals surface area contributed by atoms with Crippen molar-refractivity contribution in [3.63, 3.8) is 0 Å². The number of hydrogen-bond donors (Lipinski definition) is 0. The van der Waals surface area contributed by atoms with Gasteiger partial charge < -0.3 is 9.64 Å². The van der Waals surface area contributed by atoms with Gasteiger partial charge in [-0.2, -0.15) is 0 Å². The highest BCUT2D eigenvalue weighted by atomic mass is 16.5. The zero-order valence-corrected chi connectivity index (χ0v) is 14.1. The lowest BCUT2D eigenvalue weighted by Crippen LogP contribution is -2.27. The molecule has 126 valence electrons. The third-order valence-electron chi connectivity index (χ3n) is 3.83. The van der Waals surface area contributed by atoms with E-state index in [0.29, 0.717) is 22.2 Å². The Labute approximate surface area is 145 Å². The van der Waals surface area contributed by atoms with Crippen LogP contribution in [-0.4, -0.2) is 42.5 Å². The second-order valence-electron chi connectivity index (χ2n) is 5.80. The second kappa shape index (κ2) is 7.13. The number of carbonyl (C=O) groups is 2. The molecule has 2 aromatic carbocycles. The Morgan fingerprint density at radius 1 is 1.00 bits per heavy atom. The maximum absolute atomic E-state index is 12.5. The van der Waals surface area contributed by atoms with E-state index in [9.17, 15) is 9.59 Å². The monoisotopic (exact) mass is 334 g/mol. The average molecular weight is 334 g/mol. The van der Waals surface area contributed by atoms with Gasteiger partial charge in [-0.05, 0) is 12.1 Å². The van der Waals surface area contributed by atoms with Crippen LogP contribution in [0.5, 0.6) is 0 Å². The topological polar surface area (TPSA) is 59.5 Å². The number of amides is 1. The molecule has 3 aromatic rings. The van der Waals surface area contributed by atoms with Gasteiger partial charge in [0.05, 0.1) is 16.8 Å². The number of benzene rings is 2. The second-order valence-corrected chi connectivity index (χ2v) is 5.80. The van der Waals surface area contributed by atoms with Gasteiger partial charge in [-0.25, -0.2) is 9.78 Å². The lowest BCUT2D eigenvalue weighted by atomic mass is 10.0. The number of nitrogens with zero attached hydrogens (tertiary/aromatic N) is 2. The highest BCUT2D eigenvalue weighted by Gasteiger charge is 2.16. The number of hydrogen-bond acceptors (Lipinski definition) is 4. The molecular formula is C20H18N2O3. The lowest BCUT2D eigenvalue weighted by Gasteiger charge is -2.12. The first kappa shape index (κ1) is 16.6. The number of likely N-dealkylation sites (N-methyl/N-ethyl adjacent to an activating group) is 1. The van der Waals surface area contributed by atoms with Crippen LogP contribution >= 0.6 is 0 Å². The zero-order valence-electron chi connectivity index (χ0n) is 14.1. The zero-order chi connectivity index (χ0) is 17.8. The SMILES string of the molecule is CN(C)C(=O)COC(=O)c1cc(-c2ccccc2)nc2ccccc12. The first-order valence-corrected chi connectivity index (χ1v) is 7.89. The Morgan fingerprint density at radius 3 is 2.40 bits per heavy atom. The Balaban J connectivity index is 2.01. The summed E-state index contributed by atoms with van der Waals surface area (Å²) < 4.78 is 5.19. The van der Waals surface area contributed by atoms with Gasteiger partial charge in [0.15, 0.2) is 6.61 Å². The molecule has 0 aliphatic heterocycles. The van der Waals surface area contributed by atoms with Crippen molar-refractivity contribution in [3.05, 3.63) is 66.2 Å². The van der Waals surface area contributed by atoms with E-state index in [4.69, 9.17) is 4.74 Å². The van der Waals surface area contributed by atoms with Crippen molar-refractivity contribution in [1.29, 1.82) is 0 Å². The summed E-state index contributed by atoms with van der Waals surface area (Å²) in [6.45, 7) is -0.289. The Kier molecular flexibility index (Phi) is 4.75. The van der Waals surface area contributed by atoms with Crippen molar-refractivity contribution < 1.29 is 14.3 Å². The minimum absolute atomic E-state index is 0.269. The normalized spacial score (nSPS) is 10.5. The van der Waals surface area contributed by atoms with Crippen molar-refractivity contribution in [2.45, 2.75) is 0 Å². The van der Waals surface area contributed by atoms with Crippen LogP contribution in [0.1, 0.15) is 10.4 Å². The van der Waals surface area contributed by atoms with Crippen LogP contribution in [0.25, 0.3) is 22.2 Å². The number of rotatable bonds is 4. The Bertz CT molecular complexity index is 921. The molecular weight excluding hydrogens is 316 g/mol. The molecule has 0 aliphatic carbocycles. The molecule has 0 saturated heterocycles. The summed E-state index contributed by atoms with van der Waals surface area (Å²) in [4.78, 5) is 30.2. The largest absolute Gasteiger partial charge is 0.452 e. The summed E-state index contributed by atoms with van der Waals surface area (Å²) in [5.74, 6) is -0.805. The molecule has 0 radical (unpaired) electrons. The molecule has 0 N–H and O–H groups in total. The molecule has 3 rings (SSSR count). The summed E-state index contributed by atoms with van der Waals surface area (Å²) in [5.41, 5.74) is 2.70. The van der Waals surface area contributed by atoms with E-state index in [1.165, 1.54) is 4.90 Å². The summed E-state index contributed by atoms with van der Waals surface area (Å²) in [5, 5.41) is 0.699. The molecule has 0 spiro atoms. The van der Waals surface area contributed by atoms with Crippen LogP contribution in [0, 0.1) is 0 Å². The van der Waals surface area contributed by atoms with Crippen LogP contribution < -0.4 is 0 Å². The molecule has 0 unspecified atom stereocenters. The maximum Gasteiger partial charge on any atom is 0.339 e. The van der Waals surface area contributed by atoms with Crippen LogP contribution in [0.4, 0.5) is 0 Å². The number of ether oxygens (including phenoxy) is 1. The van der Waals surface area contributed by atoms with Crippen molar-refractivity contribution in [3.8, 4) is 11.3 Å². The minimum Gasteiger partial charge on any atom is -0.452 e. The molecule has 1 aromatic heterocycles. The molecule has 25 heavy (non-hydrogen) atoms. The molecule has 0 fully saturated rings. The number of para-hydroxylation sites is 1. The maximum atomic E-state index is 12.5. The summed E-state index contributed by atoms with van der Waals surface area (Å²) in [6, 6.07) is 18.7. The van der Waals surface area contributed by atoms with Gasteiger partial charge in [0.1, 0.15) is 0 Å². The fourth-order valence-corrected chi connectivity index (χ4v) is 2.44. The van der Waals surface area contributed by atoms with Crippen LogP contribution in [0.2, 0.25) is 0 Å². The smallest absolute Gasteiger partial charge is 0.339 e. The van der Waals surface area contributed by atoms with Crippen LogP contribution in [0.15, 0.2) is 60.7 Å². The molecule has 1 amide bonds. The van der Waals surface area contributed by atoms with Crippen LogP contribution in [0.3, 0.4) is 0 Å². The van der Waals surface area contributed by atoms with E-state index in [1.807, 2.05) is 54.6 Å². The lowest BCUT2D eigenvalue weighted by molar-refractivity contribution is -0.131. The van der Waals surface area contributed by atoms with E-state index in [1.54, 1.807) is 20.2 Å². The fraction of sp³-hybridized carbons (Fsp3) is 0.150. The van der Waals surface area contributed by atoms with Crippen molar-refractivity contribution in [2.24, 2.45) is 0 Å². The van der Waals surface area contributed by atoms with E-state index in [2.05, 4.69) is 4.98 Å². The molecule has 1 heterocycles. The van der Waals surface area contributed by atoms with Crippen molar-refractivity contribution >= 4 is 22.8 Å². The predicted octanol–water partition coefficient (Wildman–Crippen LogP) is 3.15. The standard InChI is InChI=1S/C20H18N2O3/c1-22(2)19(23)13-25-20(24)16-12-18(14-8-4-3-5-9-14)21-17-11-7-6-10-15(16)17/h3-12H,13H2,1-2H3. The summed E-state index contributed by atoms with van der Waals surface area (Å²) in [6.07, 6.45) is 0. The third-order valence-corrected chi connectivity index (χ3v) is 3.83. The number of carbonyl (C=O) groups excluding carboxylic acids is 2. The minimum atomic E-state index is -0.536. The Hall–Kier alpha value is -3.21. The van der Waals surface area contributed by atoms with Crippen molar-refractivity contribution in [2.75, 3.05) is 20.7 Å². The predicted molar refractivity (Wildman–Crippen MR) is 96.2 cm³/mol. The fourth-order valence-electron chi connectivity index (χ4n) is 2.44. The first-order valence-electron chi connectivity index (χ1n) is 7.89. The van der Waals surface area contributed by atoms with Gasteiger partial charge >= 0.3 is 5.97 Å². The number of fused-ring (bicyclic) bond motifs is 1. The number of aromatic nitrogens is 1. The van der Waals surface area contributed by atoms with Gasteiger partial charge in [-0.1, -0.05) is 48.5 Å².